The maximum atomic E-state index is 11.5. The molecule has 6 heteroatoms. The minimum absolute atomic E-state index is 0.490. The van der Waals surface area contributed by atoms with E-state index in [2.05, 4.69) is 10.9 Å². The van der Waals surface area contributed by atoms with Crippen LogP contribution in [-0.2, 0) is 9.53 Å². The topological polar surface area (TPSA) is 67.4 Å². The number of carbonyl (C=O) groups is 2. The van der Waals surface area contributed by atoms with Gasteiger partial charge in [-0.25, -0.2) is 10.2 Å². The Morgan fingerprint density at radius 3 is 2.45 bits per heavy atom. The molecule has 0 aliphatic heterocycles. The molecule has 0 unspecified atom stereocenters. The molecule has 0 aliphatic carbocycles. The van der Waals surface area contributed by atoms with Crippen LogP contribution in [0.3, 0.4) is 0 Å². The smallest absolute Gasteiger partial charge is 0.426 e. The molecule has 0 spiro atoms. The number of ether oxygens (including phenoxy) is 1. The molecular formula is C14H17ClN2O3. The number of rotatable bonds is 2. The molecule has 5 nitrogen and oxygen atoms in total. The maximum Gasteiger partial charge on any atom is 0.426 e. The van der Waals surface area contributed by atoms with Gasteiger partial charge in [0.05, 0.1) is 0 Å². The Morgan fingerprint density at radius 2 is 1.85 bits per heavy atom. The third kappa shape index (κ3) is 6.24. The van der Waals surface area contributed by atoms with Gasteiger partial charge in [0.25, 0.3) is 5.91 Å². The van der Waals surface area contributed by atoms with E-state index in [-0.39, 0.29) is 0 Å². The van der Waals surface area contributed by atoms with Crippen LogP contribution in [0.2, 0.25) is 5.02 Å². The molecule has 0 radical (unpaired) electrons. The van der Waals surface area contributed by atoms with E-state index in [1.54, 1.807) is 45.0 Å². The minimum atomic E-state index is -0.725. The summed E-state index contributed by atoms with van der Waals surface area (Å²) in [5.74, 6) is -0.490. The molecule has 0 aliphatic rings. The lowest BCUT2D eigenvalue weighted by atomic mass is 10.2. The number of carbonyl (C=O) groups excluding carboxylic acids is 2. The van der Waals surface area contributed by atoms with Gasteiger partial charge in [0.1, 0.15) is 5.60 Å². The maximum absolute atomic E-state index is 11.5. The predicted molar refractivity (Wildman–Crippen MR) is 78.0 cm³/mol. The van der Waals surface area contributed by atoms with Crippen LogP contribution in [0, 0.1) is 0 Å². The lowest BCUT2D eigenvalue weighted by Crippen LogP contribution is -2.43. The second-order valence-electron chi connectivity index (χ2n) is 4.97. The molecule has 1 rings (SSSR count). The van der Waals surface area contributed by atoms with Crippen LogP contribution in [0.4, 0.5) is 4.79 Å². The van der Waals surface area contributed by atoms with E-state index in [0.29, 0.717) is 10.6 Å². The number of hydrogen-bond donors (Lipinski definition) is 2. The average molecular weight is 297 g/mol. The molecule has 1 aromatic rings. The second kappa shape index (κ2) is 6.96. The van der Waals surface area contributed by atoms with Crippen molar-refractivity contribution in [1.29, 1.82) is 0 Å². The van der Waals surface area contributed by atoms with Crippen molar-refractivity contribution in [2.45, 2.75) is 26.4 Å². The molecule has 0 heterocycles. The summed E-state index contributed by atoms with van der Waals surface area (Å²) in [6.45, 7) is 5.18. The summed E-state index contributed by atoms with van der Waals surface area (Å²) in [5, 5.41) is 0.539. The van der Waals surface area contributed by atoms with E-state index in [0.717, 1.165) is 0 Å². The Morgan fingerprint density at radius 1 is 1.20 bits per heavy atom. The number of halogens is 1. The summed E-state index contributed by atoms with van der Waals surface area (Å²) < 4.78 is 4.96. The first-order chi connectivity index (χ1) is 9.28. The van der Waals surface area contributed by atoms with Gasteiger partial charge in [-0.2, -0.15) is 0 Å². The summed E-state index contributed by atoms with van der Waals surface area (Å²) in [4.78, 5) is 22.8. The third-order valence-corrected chi connectivity index (χ3v) is 2.35. The molecule has 0 bridgehead atoms. The summed E-state index contributed by atoms with van der Waals surface area (Å²) >= 11 is 5.94. The number of nitrogens with one attached hydrogen (secondary N) is 2. The van der Waals surface area contributed by atoms with Crippen LogP contribution >= 0.6 is 11.6 Å². The molecular weight excluding hydrogens is 280 g/mol. The number of hydrogen-bond acceptors (Lipinski definition) is 3. The monoisotopic (exact) mass is 296 g/mol. The number of benzene rings is 1. The van der Waals surface area contributed by atoms with Gasteiger partial charge >= 0.3 is 6.09 Å². The Balaban J connectivity index is 2.45. The van der Waals surface area contributed by atoms with Crippen molar-refractivity contribution in [2.75, 3.05) is 0 Å². The molecule has 108 valence electrons. The van der Waals surface area contributed by atoms with E-state index in [1.807, 2.05) is 6.07 Å². The SMILES string of the molecule is CC(C)(C)OC(=O)NNC(=O)C=Cc1ccccc1Cl. The minimum Gasteiger partial charge on any atom is -0.443 e. The van der Waals surface area contributed by atoms with Crippen LogP contribution in [0.5, 0.6) is 0 Å². The van der Waals surface area contributed by atoms with Crippen molar-refractivity contribution < 1.29 is 14.3 Å². The van der Waals surface area contributed by atoms with Gasteiger partial charge in [-0.15, -0.1) is 0 Å². The number of amides is 2. The van der Waals surface area contributed by atoms with Gasteiger partial charge in [-0.05, 0) is 38.5 Å². The first-order valence-corrected chi connectivity index (χ1v) is 6.37. The van der Waals surface area contributed by atoms with Gasteiger partial charge in [-0.3, -0.25) is 10.2 Å². The van der Waals surface area contributed by atoms with Crippen LogP contribution in [0.15, 0.2) is 30.3 Å². The van der Waals surface area contributed by atoms with Crippen molar-refractivity contribution in [1.82, 2.24) is 10.9 Å². The Labute approximate surface area is 122 Å². The van der Waals surface area contributed by atoms with Crippen LogP contribution in [0.25, 0.3) is 6.08 Å². The molecule has 0 saturated carbocycles. The molecule has 0 saturated heterocycles. The molecule has 2 N–H and O–H groups in total. The van der Waals surface area contributed by atoms with Crippen molar-refractivity contribution in [3.05, 3.63) is 40.9 Å². The fraction of sp³-hybridized carbons (Fsp3) is 0.286. The van der Waals surface area contributed by atoms with Gasteiger partial charge in [0, 0.05) is 11.1 Å². The molecule has 0 fully saturated rings. The molecule has 0 atom stereocenters. The van der Waals surface area contributed by atoms with Crippen molar-refractivity contribution in [3.63, 3.8) is 0 Å². The lowest BCUT2D eigenvalue weighted by Gasteiger charge is -2.19. The highest BCUT2D eigenvalue weighted by atomic mass is 35.5. The van der Waals surface area contributed by atoms with E-state index in [9.17, 15) is 9.59 Å². The van der Waals surface area contributed by atoms with Crippen molar-refractivity contribution >= 4 is 29.7 Å². The Kier molecular flexibility index (Phi) is 5.58. The molecule has 1 aromatic carbocycles. The highest BCUT2D eigenvalue weighted by Crippen LogP contribution is 2.15. The predicted octanol–water partition coefficient (Wildman–Crippen LogP) is 2.91. The van der Waals surface area contributed by atoms with Crippen LogP contribution < -0.4 is 10.9 Å². The van der Waals surface area contributed by atoms with E-state index in [1.165, 1.54) is 6.08 Å². The largest absolute Gasteiger partial charge is 0.443 e. The van der Waals surface area contributed by atoms with Gasteiger partial charge in [-0.1, -0.05) is 29.8 Å². The zero-order valence-corrected chi connectivity index (χ0v) is 12.3. The van der Waals surface area contributed by atoms with Crippen molar-refractivity contribution in [3.8, 4) is 0 Å². The summed E-state index contributed by atoms with van der Waals surface area (Å²) in [7, 11) is 0. The van der Waals surface area contributed by atoms with Crippen LogP contribution in [0.1, 0.15) is 26.3 Å². The highest BCUT2D eigenvalue weighted by molar-refractivity contribution is 6.32. The fourth-order valence-electron chi connectivity index (χ4n) is 1.23. The standard InChI is InChI=1S/C14H17ClN2O3/c1-14(2,3)20-13(19)17-16-12(18)9-8-10-6-4-5-7-11(10)15/h4-9H,1-3H3,(H,16,18)(H,17,19). The quantitative estimate of drug-likeness (QED) is 0.651. The number of hydrazine groups is 1. The average Bonchev–Trinajstić information content (AvgIpc) is 2.33. The molecule has 20 heavy (non-hydrogen) atoms. The van der Waals surface area contributed by atoms with Gasteiger partial charge in [0.15, 0.2) is 0 Å². The Bertz CT molecular complexity index is 521. The first-order valence-electron chi connectivity index (χ1n) is 5.99. The third-order valence-electron chi connectivity index (χ3n) is 2.01. The van der Waals surface area contributed by atoms with E-state index in [4.69, 9.17) is 16.3 Å². The molecule has 0 aromatic heterocycles. The van der Waals surface area contributed by atoms with Crippen molar-refractivity contribution in [2.24, 2.45) is 0 Å². The van der Waals surface area contributed by atoms with Crippen LogP contribution in [-0.4, -0.2) is 17.6 Å². The zero-order valence-electron chi connectivity index (χ0n) is 11.6. The highest BCUT2D eigenvalue weighted by Gasteiger charge is 2.15. The first kappa shape index (κ1) is 16.0. The molecule has 2 amide bonds. The van der Waals surface area contributed by atoms with Gasteiger partial charge < -0.3 is 4.74 Å². The Hall–Kier alpha value is -2.01. The van der Waals surface area contributed by atoms with E-state index < -0.39 is 17.6 Å². The summed E-state index contributed by atoms with van der Waals surface area (Å²) in [6, 6.07) is 7.09. The normalized spacial score (nSPS) is 11.2. The lowest BCUT2D eigenvalue weighted by molar-refractivity contribution is -0.117. The summed E-state index contributed by atoms with van der Waals surface area (Å²) in [5.41, 5.74) is 4.43. The second-order valence-corrected chi connectivity index (χ2v) is 5.38. The summed E-state index contributed by atoms with van der Waals surface area (Å²) in [6.07, 6.45) is 2.09. The van der Waals surface area contributed by atoms with Gasteiger partial charge in [0.2, 0.25) is 0 Å². The van der Waals surface area contributed by atoms with E-state index >= 15 is 0 Å². The fourth-order valence-corrected chi connectivity index (χ4v) is 1.43. The zero-order chi connectivity index (χ0) is 15.2.